The van der Waals surface area contributed by atoms with Crippen LogP contribution in [0.4, 0.5) is 17.6 Å². The first-order chi connectivity index (χ1) is 15.5. The summed E-state index contributed by atoms with van der Waals surface area (Å²) in [6, 6.07) is 17.3. The standard InChI is InChI=1S/C22H26N6O3S/c23-32(29,30)15-18-8-4-9-19(12-18)26-21-24-16-25-22(27-21)28-11-5-10-20(28)14-31-13-17-6-2-1-3-7-17/h1-4,6-9,12,16,20H,5,10-11,13-15H2,(H2,23,29,30)(H,24,25,26,27)/t20-/m1/s1. The lowest BCUT2D eigenvalue weighted by atomic mass is 10.2. The fraction of sp³-hybridized carbons (Fsp3) is 0.318. The number of rotatable bonds is 9. The molecule has 2 aromatic carbocycles. The summed E-state index contributed by atoms with van der Waals surface area (Å²) in [6.07, 6.45) is 3.53. The summed E-state index contributed by atoms with van der Waals surface area (Å²) in [6.45, 7) is 2.02. The summed E-state index contributed by atoms with van der Waals surface area (Å²) in [5, 5.41) is 8.26. The zero-order valence-corrected chi connectivity index (χ0v) is 18.4. The van der Waals surface area contributed by atoms with E-state index in [4.69, 9.17) is 9.88 Å². The van der Waals surface area contributed by atoms with Crippen molar-refractivity contribution >= 4 is 27.6 Å². The van der Waals surface area contributed by atoms with Gasteiger partial charge in [-0.3, -0.25) is 0 Å². The van der Waals surface area contributed by atoms with Crippen LogP contribution >= 0.6 is 0 Å². The summed E-state index contributed by atoms with van der Waals surface area (Å²) >= 11 is 0. The first-order valence-corrected chi connectivity index (χ1v) is 12.1. The van der Waals surface area contributed by atoms with Crippen LogP contribution in [0.15, 0.2) is 60.9 Å². The highest BCUT2D eigenvalue weighted by Gasteiger charge is 2.27. The van der Waals surface area contributed by atoms with Gasteiger partial charge in [-0.15, -0.1) is 0 Å². The average Bonchev–Trinajstić information content (AvgIpc) is 3.22. The first kappa shape index (κ1) is 22.1. The van der Waals surface area contributed by atoms with E-state index in [1.54, 1.807) is 18.2 Å². The van der Waals surface area contributed by atoms with Crippen molar-refractivity contribution in [2.45, 2.75) is 31.2 Å². The molecule has 1 aromatic heterocycles. The zero-order valence-electron chi connectivity index (χ0n) is 17.6. The SMILES string of the molecule is NS(=O)(=O)Cc1cccc(Nc2ncnc(N3CCC[C@@H]3COCc3ccccc3)n2)c1. The Kier molecular flexibility index (Phi) is 6.93. The summed E-state index contributed by atoms with van der Waals surface area (Å²) in [5.74, 6) is 0.747. The molecular formula is C22H26N6O3S. The maximum absolute atomic E-state index is 11.4. The topological polar surface area (TPSA) is 123 Å². The third-order valence-electron chi connectivity index (χ3n) is 5.17. The van der Waals surface area contributed by atoms with Gasteiger partial charge >= 0.3 is 0 Å². The maximum atomic E-state index is 11.4. The lowest BCUT2D eigenvalue weighted by Crippen LogP contribution is -2.34. The smallest absolute Gasteiger partial charge is 0.231 e. The number of nitrogens with zero attached hydrogens (tertiary/aromatic N) is 4. The van der Waals surface area contributed by atoms with Crippen molar-refractivity contribution in [3.63, 3.8) is 0 Å². The molecule has 0 aliphatic carbocycles. The molecule has 168 valence electrons. The number of benzene rings is 2. The van der Waals surface area contributed by atoms with E-state index in [0.29, 0.717) is 36.4 Å². The lowest BCUT2D eigenvalue weighted by molar-refractivity contribution is 0.108. The van der Waals surface area contributed by atoms with Crippen LogP contribution in [-0.2, 0) is 27.1 Å². The van der Waals surface area contributed by atoms with Crippen LogP contribution in [0.5, 0.6) is 0 Å². The fourth-order valence-electron chi connectivity index (χ4n) is 3.75. The predicted molar refractivity (Wildman–Crippen MR) is 123 cm³/mol. The average molecular weight is 455 g/mol. The van der Waals surface area contributed by atoms with E-state index in [-0.39, 0.29) is 11.8 Å². The minimum atomic E-state index is -3.60. The van der Waals surface area contributed by atoms with E-state index in [0.717, 1.165) is 24.9 Å². The molecule has 0 spiro atoms. The van der Waals surface area contributed by atoms with Crippen LogP contribution < -0.4 is 15.4 Å². The predicted octanol–water partition coefficient (Wildman–Crippen LogP) is 2.59. The molecule has 0 saturated carbocycles. The molecule has 10 heteroatoms. The molecule has 0 radical (unpaired) electrons. The highest BCUT2D eigenvalue weighted by molar-refractivity contribution is 7.88. The van der Waals surface area contributed by atoms with Crippen molar-refractivity contribution in [1.29, 1.82) is 0 Å². The molecule has 3 aromatic rings. The van der Waals surface area contributed by atoms with Gasteiger partial charge in [0, 0.05) is 12.2 Å². The van der Waals surface area contributed by atoms with Crippen LogP contribution in [-0.4, -0.2) is 42.6 Å². The number of anilines is 3. The zero-order chi connectivity index (χ0) is 22.4. The summed E-state index contributed by atoms with van der Waals surface area (Å²) in [4.78, 5) is 15.3. The summed E-state index contributed by atoms with van der Waals surface area (Å²) in [7, 11) is -3.60. The number of hydrogen-bond acceptors (Lipinski definition) is 8. The second-order valence-electron chi connectivity index (χ2n) is 7.73. The van der Waals surface area contributed by atoms with Crippen molar-refractivity contribution in [1.82, 2.24) is 15.0 Å². The second kappa shape index (κ2) is 10.0. The fourth-order valence-corrected chi connectivity index (χ4v) is 4.39. The van der Waals surface area contributed by atoms with Gasteiger partial charge in [0.15, 0.2) is 0 Å². The number of nitrogens with two attached hydrogens (primary N) is 1. The third kappa shape index (κ3) is 6.22. The number of primary sulfonamides is 1. The van der Waals surface area contributed by atoms with Gasteiger partial charge in [0.25, 0.3) is 0 Å². The van der Waals surface area contributed by atoms with Crippen LogP contribution in [0.25, 0.3) is 0 Å². The molecule has 0 unspecified atom stereocenters. The van der Waals surface area contributed by atoms with Crippen molar-refractivity contribution in [2.75, 3.05) is 23.4 Å². The quantitative estimate of drug-likeness (QED) is 0.506. The van der Waals surface area contributed by atoms with Gasteiger partial charge in [0.05, 0.1) is 25.0 Å². The van der Waals surface area contributed by atoms with Gasteiger partial charge in [-0.05, 0) is 36.1 Å². The number of aromatic nitrogens is 3. The van der Waals surface area contributed by atoms with Gasteiger partial charge in [-0.1, -0.05) is 42.5 Å². The Bertz CT molecular complexity index is 1140. The Hall–Kier alpha value is -3.08. The molecule has 32 heavy (non-hydrogen) atoms. The second-order valence-corrected chi connectivity index (χ2v) is 9.35. The molecule has 0 bridgehead atoms. The van der Waals surface area contributed by atoms with Crippen molar-refractivity contribution in [2.24, 2.45) is 5.14 Å². The molecule has 1 fully saturated rings. The lowest BCUT2D eigenvalue weighted by Gasteiger charge is -2.24. The van der Waals surface area contributed by atoms with E-state index in [1.165, 1.54) is 6.33 Å². The first-order valence-electron chi connectivity index (χ1n) is 10.4. The number of sulfonamides is 1. The number of hydrogen-bond donors (Lipinski definition) is 2. The summed E-state index contributed by atoms with van der Waals surface area (Å²) < 4.78 is 28.7. The monoisotopic (exact) mass is 454 g/mol. The molecule has 0 amide bonds. The Morgan fingerprint density at radius 1 is 1.09 bits per heavy atom. The molecule has 9 nitrogen and oxygen atoms in total. The van der Waals surface area contributed by atoms with Crippen molar-refractivity contribution in [3.05, 3.63) is 72.1 Å². The maximum Gasteiger partial charge on any atom is 0.231 e. The van der Waals surface area contributed by atoms with E-state index in [2.05, 4.69) is 25.2 Å². The Balaban J connectivity index is 1.40. The molecule has 1 atom stereocenters. The van der Waals surface area contributed by atoms with Gasteiger partial charge in [-0.25, -0.2) is 23.5 Å². The minimum absolute atomic E-state index is 0.201. The van der Waals surface area contributed by atoms with E-state index >= 15 is 0 Å². The highest BCUT2D eigenvalue weighted by Crippen LogP contribution is 2.24. The molecule has 1 aliphatic rings. The Labute approximate surface area is 187 Å². The largest absolute Gasteiger partial charge is 0.375 e. The molecule has 3 N–H and O–H groups in total. The van der Waals surface area contributed by atoms with E-state index < -0.39 is 10.0 Å². The van der Waals surface area contributed by atoms with Gasteiger partial charge in [0.2, 0.25) is 21.9 Å². The van der Waals surface area contributed by atoms with Crippen molar-refractivity contribution in [3.8, 4) is 0 Å². The number of nitrogens with one attached hydrogen (secondary N) is 1. The highest BCUT2D eigenvalue weighted by atomic mass is 32.2. The molecule has 4 rings (SSSR count). The minimum Gasteiger partial charge on any atom is -0.375 e. The van der Waals surface area contributed by atoms with E-state index in [9.17, 15) is 8.42 Å². The molecule has 1 aliphatic heterocycles. The molecular weight excluding hydrogens is 428 g/mol. The van der Waals surface area contributed by atoms with Crippen molar-refractivity contribution < 1.29 is 13.2 Å². The number of ether oxygens (including phenoxy) is 1. The van der Waals surface area contributed by atoms with E-state index in [1.807, 2.05) is 36.4 Å². The summed E-state index contributed by atoms with van der Waals surface area (Å²) in [5.41, 5.74) is 2.41. The van der Waals surface area contributed by atoms with Crippen LogP contribution in [0.3, 0.4) is 0 Å². The van der Waals surface area contributed by atoms with Crippen LogP contribution in [0.1, 0.15) is 24.0 Å². The molecule has 2 heterocycles. The Morgan fingerprint density at radius 2 is 1.91 bits per heavy atom. The molecule has 1 saturated heterocycles. The van der Waals surface area contributed by atoms with Gasteiger partial charge in [-0.2, -0.15) is 4.98 Å². The van der Waals surface area contributed by atoms with Crippen LogP contribution in [0, 0.1) is 0 Å². The Morgan fingerprint density at radius 3 is 2.72 bits per heavy atom. The van der Waals surface area contributed by atoms with Crippen LogP contribution in [0.2, 0.25) is 0 Å². The third-order valence-corrected chi connectivity index (χ3v) is 5.90. The van der Waals surface area contributed by atoms with Gasteiger partial charge < -0.3 is 15.0 Å². The normalized spacial score (nSPS) is 16.3. The van der Waals surface area contributed by atoms with Gasteiger partial charge in [0.1, 0.15) is 6.33 Å².